The molecule has 134 valence electrons. The van der Waals surface area contributed by atoms with Gasteiger partial charge in [0.1, 0.15) is 6.29 Å². The summed E-state index contributed by atoms with van der Waals surface area (Å²) in [4.78, 5) is 20.3. The van der Waals surface area contributed by atoms with Gasteiger partial charge in [0.2, 0.25) is 11.8 Å². The van der Waals surface area contributed by atoms with E-state index in [0.717, 1.165) is 19.1 Å². The van der Waals surface area contributed by atoms with Crippen molar-refractivity contribution in [1.29, 1.82) is 0 Å². The third-order valence-corrected chi connectivity index (χ3v) is 5.00. The Kier molecular flexibility index (Phi) is 7.25. The monoisotopic (exact) mass is 360 g/mol. The molecule has 0 fully saturated rings. The summed E-state index contributed by atoms with van der Waals surface area (Å²) in [6.45, 7) is 4.27. The number of aldehydes is 1. The maximum absolute atomic E-state index is 11.7. The van der Waals surface area contributed by atoms with E-state index in [1.807, 2.05) is 0 Å². The summed E-state index contributed by atoms with van der Waals surface area (Å²) in [6, 6.07) is 7.96. The van der Waals surface area contributed by atoms with Crippen LogP contribution in [0.3, 0.4) is 0 Å². The normalized spacial score (nSPS) is 11.8. The average Bonchev–Trinajstić information content (AvgIpc) is 2.66. The lowest BCUT2D eigenvalue weighted by atomic mass is 9.94. The number of rotatable bonds is 9. The summed E-state index contributed by atoms with van der Waals surface area (Å²) in [6.07, 6.45) is 3.52. The minimum atomic E-state index is -0.269. The molecule has 1 unspecified atom stereocenters. The average molecular weight is 360 g/mol. The maximum Gasteiger partial charge on any atom is 0.220 e. The zero-order valence-corrected chi connectivity index (χ0v) is 15.9. The third kappa shape index (κ3) is 4.95. The Morgan fingerprint density at radius 2 is 1.64 bits per heavy atom. The summed E-state index contributed by atoms with van der Waals surface area (Å²) in [5.41, 5.74) is 3.83. The van der Waals surface area contributed by atoms with Crippen molar-refractivity contribution in [2.75, 3.05) is 14.2 Å². The van der Waals surface area contributed by atoms with Crippen LogP contribution in [0.1, 0.15) is 30.5 Å². The molecule has 6 heteroatoms. The second kappa shape index (κ2) is 9.42. The van der Waals surface area contributed by atoms with Crippen molar-refractivity contribution < 1.29 is 14.3 Å². The van der Waals surface area contributed by atoms with E-state index in [1.165, 1.54) is 28.5 Å². The van der Waals surface area contributed by atoms with E-state index in [9.17, 15) is 4.79 Å². The molecular weight excluding hydrogens is 336 g/mol. The molecule has 0 radical (unpaired) electrons. The number of methoxy groups -OCH3 is 2. The Balaban J connectivity index is 2.26. The highest BCUT2D eigenvalue weighted by atomic mass is 32.2. The topological polar surface area (TPSA) is 61.3 Å². The first-order valence-electron chi connectivity index (χ1n) is 8.33. The molecule has 0 aliphatic carbocycles. The molecular formula is C19H24N2O3S. The molecule has 0 aliphatic rings. The summed E-state index contributed by atoms with van der Waals surface area (Å²) in [5, 5.41) is 0.204. The van der Waals surface area contributed by atoms with Gasteiger partial charge in [-0.2, -0.15) is 9.97 Å². The molecule has 0 amide bonds. The van der Waals surface area contributed by atoms with Gasteiger partial charge in [0, 0.05) is 0 Å². The molecule has 0 N–H and O–H groups in total. The fourth-order valence-corrected chi connectivity index (χ4v) is 3.57. The number of ether oxygens (including phenoxy) is 2. The van der Waals surface area contributed by atoms with Gasteiger partial charge in [0.15, 0.2) is 5.16 Å². The Morgan fingerprint density at radius 3 is 2.08 bits per heavy atom. The maximum atomic E-state index is 11.7. The van der Waals surface area contributed by atoms with Crippen LogP contribution in [0.15, 0.2) is 29.4 Å². The minimum absolute atomic E-state index is 0.269. The van der Waals surface area contributed by atoms with Crippen molar-refractivity contribution in [3.8, 4) is 11.8 Å². The number of carbonyl (C=O) groups excluding carboxylic acids is 1. The van der Waals surface area contributed by atoms with Gasteiger partial charge in [-0.1, -0.05) is 43.8 Å². The van der Waals surface area contributed by atoms with Gasteiger partial charge in [0.05, 0.1) is 25.5 Å². The standard InChI is InChI=1S/C19H24N2O3S/c1-5-13-8-7-9-14(6-2)16(13)10-15(12-22)25-19-20-17(23-3)11-18(21-19)24-4/h7-9,11-12,15H,5-6,10H2,1-4H3. The molecule has 1 heterocycles. The number of nitrogens with zero attached hydrogens (tertiary/aromatic N) is 2. The lowest BCUT2D eigenvalue weighted by Gasteiger charge is -2.16. The smallest absolute Gasteiger partial charge is 0.220 e. The summed E-state index contributed by atoms with van der Waals surface area (Å²) in [5.74, 6) is 0.837. The second-order valence-corrected chi connectivity index (χ2v) is 6.70. The SMILES string of the molecule is CCc1cccc(CC)c1CC(C=O)Sc1nc(OC)cc(OC)n1. The van der Waals surface area contributed by atoms with Crippen molar-refractivity contribution >= 4 is 18.0 Å². The number of aryl methyl sites for hydroxylation is 2. The molecule has 5 nitrogen and oxygen atoms in total. The van der Waals surface area contributed by atoms with Crippen LogP contribution in [-0.2, 0) is 24.1 Å². The lowest BCUT2D eigenvalue weighted by Crippen LogP contribution is -2.13. The van der Waals surface area contributed by atoms with E-state index in [2.05, 4.69) is 42.0 Å². The fourth-order valence-electron chi connectivity index (χ4n) is 2.71. The van der Waals surface area contributed by atoms with Gasteiger partial charge in [-0.25, -0.2) is 0 Å². The summed E-state index contributed by atoms with van der Waals surface area (Å²) < 4.78 is 10.3. The molecule has 0 aliphatic heterocycles. The highest BCUT2D eigenvalue weighted by molar-refractivity contribution is 8.00. The quantitative estimate of drug-likeness (QED) is 0.387. The zero-order chi connectivity index (χ0) is 18.2. The van der Waals surface area contributed by atoms with Gasteiger partial charge in [-0.3, -0.25) is 0 Å². The molecule has 0 spiro atoms. The van der Waals surface area contributed by atoms with Crippen LogP contribution >= 0.6 is 11.8 Å². The molecule has 0 saturated heterocycles. The number of carbonyl (C=O) groups is 1. The summed E-state index contributed by atoms with van der Waals surface area (Å²) >= 11 is 1.33. The van der Waals surface area contributed by atoms with Crippen molar-refractivity contribution in [2.45, 2.75) is 43.5 Å². The first-order valence-corrected chi connectivity index (χ1v) is 9.21. The second-order valence-electron chi connectivity index (χ2n) is 5.49. The highest BCUT2D eigenvalue weighted by Gasteiger charge is 2.17. The molecule has 1 atom stereocenters. The summed E-state index contributed by atoms with van der Waals surface area (Å²) in [7, 11) is 3.08. The van der Waals surface area contributed by atoms with E-state index in [0.29, 0.717) is 23.3 Å². The van der Waals surface area contributed by atoms with Crippen molar-refractivity contribution in [3.05, 3.63) is 41.0 Å². The number of thioether (sulfide) groups is 1. The minimum Gasteiger partial charge on any atom is -0.481 e. The van der Waals surface area contributed by atoms with Crippen molar-refractivity contribution in [3.63, 3.8) is 0 Å². The fraction of sp³-hybridized carbons (Fsp3) is 0.421. The Morgan fingerprint density at radius 1 is 1.08 bits per heavy atom. The first-order chi connectivity index (χ1) is 12.1. The van der Waals surface area contributed by atoms with Gasteiger partial charge < -0.3 is 14.3 Å². The van der Waals surface area contributed by atoms with Crippen LogP contribution in [-0.4, -0.2) is 35.7 Å². The lowest BCUT2D eigenvalue weighted by molar-refractivity contribution is -0.107. The van der Waals surface area contributed by atoms with Crippen LogP contribution in [0.5, 0.6) is 11.8 Å². The van der Waals surface area contributed by atoms with E-state index in [-0.39, 0.29) is 5.25 Å². The Bertz CT molecular complexity index is 677. The number of hydrogen-bond donors (Lipinski definition) is 0. The van der Waals surface area contributed by atoms with Crippen molar-refractivity contribution in [2.24, 2.45) is 0 Å². The Labute approximate surface area is 153 Å². The third-order valence-electron chi connectivity index (χ3n) is 4.02. The molecule has 2 rings (SSSR count). The molecule has 1 aromatic heterocycles. The van der Waals surface area contributed by atoms with Gasteiger partial charge in [-0.15, -0.1) is 0 Å². The van der Waals surface area contributed by atoms with Crippen molar-refractivity contribution in [1.82, 2.24) is 9.97 Å². The predicted molar refractivity (Wildman–Crippen MR) is 99.7 cm³/mol. The molecule has 0 bridgehead atoms. The van der Waals surface area contributed by atoms with Gasteiger partial charge >= 0.3 is 0 Å². The van der Waals surface area contributed by atoms with E-state index in [4.69, 9.17) is 9.47 Å². The molecule has 2 aromatic rings. The number of aromatic nitrogens is 2. The van der Waals surface area contributed by atoms with Crippen LogP contribution < -0.4 is 9.47 Å². The molecule has 0 saturated carbocycles. The largest absolute Gasteiger partial charge is 0.481 e. The number of hydrogen-bond acceptors (Lipinski definition) is 6. The van der Waals surface area contributed by atoms with Crippen LogP contribution in [0.25, 0.3) is 0 Å². The highest BCUT2D eigenvalue weighted by Crippen LogP contribution is 2.28. The zero-order valence-electron chi connectivity index (χ0n) is 15.1. The number of benzene rings is 1. The predicted octanol–water partition coefficient (Wildman–Crippen LogP) is 3.52. The molecule has 1 aromatic carbocycles. The first kappa shape index (κ1) is 19.2. The Hall–Kier alpha value is -2.08. The van der Waals surface area contributed by atoms with Gasteiger partial charge in [0.25, 0.3) is 0 Å². The van der Waals surface area contributed by atoms with Crippen LogP contribution in [0.4, 0.5) is 0 Å². The van der Waals surface area contributed by atoms with E-state index < -0.39 is 0 Å². The van der Waals surface area contributed by atoms with E-state index >= 15 is 0 Å². The van der Waals surface area contributed by atoms with E-state index in [1.54, 1.807) is 20.3 Å². The molecule has 25 heavy (non-hydrogen) atoms. The van der Waals surface area contributed by atoms with Crippen LogP contribution in [0, 0.1) is 0 Å². The van der Waals surface area contributed by atoms with Crippen LogP contribution in [0.2, 0.25) is 0 Å². The van der Waals surface area contributed by atoms with Gasteiger partial charge in [-0.05, 0) is 36.0 Å².